The van der Waals surface area contributed by atoms with E-state index < -0.39 is 0 Å². The second kappa shape index (κ2) is 11.2. The third-order valence-electron chi connectivity index (χ3n) is 7.55. The van der Waals surface area contributed by atoms with E-state index in [9.17, 15) is 4.79 Å². The van der Waals surface area contributed by atoms with Gasteiger partial charge in [-0.25, -0.2) is 0 Å². The summed E-state index contributed by atoms with van der Waals surface area (Å²) in [5, 5.41) is 0. The molecule has 7 nitrogen and oxygen atoms in total. The lowest BCUT2D eigenvalue weighted by Gasteiger charge is -2.40. The second-order valence-corrected chi connectivity index (χ2v) is 9.57. The SMILES string of the molecule is COc1ccc(CN(C)C2CCCC(N3CCc4cc(OC)c(OC)cc4CC3=O)C2)cc1OC. The average Bonchev–Trinajstić information content (AvgIpc) is 3.05. The first-order valence-electron chi connectivity index (χ1n) is 12.4. The molecular weight excluding hydrogens is 444 g/mol. The minimum absolute atomic E-state index is 0.212. The zero-order valence-electron chi connectivity index (χ0n) is 21.6. The molecular formula is C28H38N2O5. The minimum atomic E-state index is 0.212. The van der Waals surface area contributed by atoms with Crippen molar-refractivity contribution in [2.24, 2.45) is 0 Å². The maximum atomic E-state index is 13.3. The summed E-state index contributed by atoms with van der Waals surface area (Å²) in [7, 11) is 8.79. The molecule has 2 aliphatic rings. The van der Waals surface area contributed by atoms with E-state index in [2.05, 4.69) is 22.9 Å². The summed E-state index contributed by atoms with van der Waals surface area (Å²) in [5.74, 6) is 3.11. The Kier molecular flexibility index (Phi) is 8.06. The normalized spacial score (nSPS) is 20.3. The number of methoxy groups -OCH3 is 4. The second-order valence-electron chi connectivity index (χ2n) is 9.57. The molecule has 35 heavy (non-hydrogen) atoms. The summed E-state index contributed by atoms with van der Waals surface area (Å²) >= 11 is 0. The van der Waals surface area contributed by atoms with Crippen LogP contribution in [0.25, 0.3) is 0 Å². The predicted octanol–water partition coefficient (Wildman–Crippen LogP) is 4.09. The van der Waals surface area contributed by atoms with Gasteiger partial charge in [0.1, 0.15) is 0 Å². The summed E-state index contributed by atoms with van der Waals surface area (Å²) in [5.41, 5.74) is 3.42. The van der Waals surface area contributed by atoms with E-state index in [1.165, 1.54) is 11.1 Å². The Morgan fingerprint density at radius 3 is 2.23 bits per heavy atom. The van der Waals surface area contributed by atoms with Crippen LogP contribution in [0.4, 0.5) is 0 Å². The van der Waals surface area contributed by atoms with Gasteiger partial charge in [0.15, 0.2) is 23.0 Å². The predicted molar refractivity (Wildman–Crippen MR) is 136 cm³/mol. The molecule has 1 aliphatic carbocycles. The maximum Gasteiger partial charge on any atom is 0.227 e. The van der Waals surface area contributed by atoms with Crippen LogP contribution in [-0.2, 0) is 24.2 Å². The molecule has 7 heteroatoms. The first-order valence-corrected chi connectivity index (χ1v) is 12.4. The van der Waals surface area contributed by atoms with Gasteiger partial charge in [0.2, 0.25) is 5.91 Å². The lowest BCUT2D eigenvalue weighted by molar-refractivity contribution is -0.133. The number of fused-ring (bicyclic) bond motifs is 1. The van der Waals surface area contributed by atoms with Gasteiger partial charge in [0, 0.05) is 25.2 Å². The molecule has 1 heterocycles. The molecule has 0 aromatic heterocycles. The molecule has 4 rings (SSSR count). The Morgan fingerprint density at radius 1 is 0.886 bits per heavy atom. The van der Waals surface area contributed by atoms with Gasteiger partial charge >= 0.3 is 0 Å². The van der Waals surface area contributed by atoms with Crippen molar-refractivity contribution < 1.29 is 23.7 Å². The van der Waals surface area contributed by atoms with E-state index in [-0.39, 0.29) is 11.9 Å². The number of carbonyl (C=O) groups excluding carboxylic acids is 1. The maximum absolute atomic E-state index is 13.3. The van der Waals surface area contributed by atoms with Crippen LogP contribution >= 0.6 is 0 Å². The third kappa shape index (κ3) is 5.50. The zero-order valence-corrected chi connectivity index (χ0v) is 21.6. The van der Waals surface area contributed by atoms with Crippen LogP contribution in [-0.4, -0.2) is 69.8 Å². The van der Waals surface area contributed by atoms with Gasteiger partial charge in [0.05, 0.1) is 34.9 Å². The van der Waals surface area contributed by atoms with Crippen LogP contribution in [0.3, 0.4) is 0 Å². The van der Waals surface area contributed by atoms with Crippen LogP contribution in [0.1, 0.15) is 42.4 Å². The summed E-state index contributed by atoms with van der Waals surface area (Å²) in [6, 6.07) is 10.8. The molecule has 2 aromatic rings. The summed E-state index contributed by atoms with van der Waals surface area (Å²) in [4.78, 5) is 17.9. The Hall–Kier alpha value is -2.93. The van der Waals surface area contributed by atoms with Gasteiger partial charge in [-0.15, -0.1) is 0 Å². The highest BCUT2D eigenvalue weighted by Gasteiger charge is 2.33. The van der Waals surface area contributed by atoms with Crippen LogP contribution in [0, 0.1) is 0 Å². The van der Waals surface area contributed by atoms with Gasteiger partial charge in [-0.1, -0.05) is 6.07 Å². The highest BCUT2D eigenvalue weighted by Crippen LogP contribution is 2.35. The molecule has 0 bridgehead atoms. The molecule has 1 amide bonds. The highest BCUT2D eigenvalue weighted by molar-refractivity contribution is 5.80. The summed E-state index contributed by atoms with van der Waals surface area (Å²) in [6.07, 6.45) is 5.59. The number of benzene rings is 2. The fourth-order valence-electron chi connectivity index (χ4n) is 5.60. The molecule has 1 fully saturated rings. The van der Waals surface area contributed by atoms with E-state index in [1.54, 1.807) is 28.4 Å². The van der Waals surface area contributed by atoms with E-state index >= 15 is 0 Å². The number of ether oxygens (including phenoxy) is 4. The zero-order chi connectivity index (χ0) is 24.9. The van der Waals surface area contributed by atoms with Gasteiger partial charge in [0.25, 0.3) is 0 Å². The van der Waals surface area contributed by atoms with Crippen molar-refractivity contribution in [3.05, 3.63) is 47.0 Å². The lowest BCUT2D eigenvalue weighted by Crippen LogP contribution is -2.47. The number of carbonyl (C=O) groups is 1. The van der Waals surface area contributed by atoms with Crippen LogP contribution in [0.2, 0.25) is 0 Å². The van der Waals surface area contributed by atoms with Crippen molar-refractivity contribution in [2.45, 2.75) is 57.2 Å². The molecule has 190 valence electrons. The van der Waals surface area contributed by atoms with Crippen molar-refractivity contribution in [3.63, 3.8) is 0 Å². The molecule has 1 aliphatic heterocycles. The quantitative estimate of drug-likeness (QED) is 0.565. The topological polar surface area (TPSA) is 60.5 Å². The number of nitrogens with zero attached hydrogens (tertiary/aromatic N) is 2. The van der Waals surface area contributed by atoms with E-state index in [0.29, 0.717) is 18.2 Å². The fraction of sp³-hybridized carbons (Fsp3) is 0.536. The Balaban J connectivity index is 1.43. The summed E-state index contributed by atoms with van der Waals surface area (Å²) < 4.78 is 21.8. The number of rotatable bonds is 8. The van der Waals surface area contributed by atoms with Gasteiger partial charge in [-0.2, -0.15) is 0 Å². The Labute approximate surface area is 208 Å². The Bertz CT molecular complexity index is 1040. The van der Waals surface area contributed by atoms with Gasteiger partial charge in [-0.05, 0) is 80.1 Å². The molecule has 0 saturated heterocycles. The van der Waals surface area contributed by atoms with Crippen molar-refractivity contribution in [3.8, 4) is 23.0 Å². The van der Waals surface area contributed by atoms with E-state index in [1.807, 2.05) is 24.3 Å². The summed E-state index contributed by atoms with van der Waals surface area (Å²) in [6.45, 7) is 1.58. The molecule has 0 N–H and O–H groups in total. The molecule has 1 saturated carbocycles. The monoisotopic (exact) mass is 482 g/mol. The molecule has 2 unspecified atom stereocenters. The minimum Gasteiger partial charge on any atom is -0.493 e. The van der Waals surface area contributed by atoms with Crippen molar-refractivity contribution in [2.75, 3.05) is 42.0 Å². The molecule has 2 aromatic carbocycles. The largest absolute Gasteiger partial charge is 0.493 e. The number of hydrogen-bond acceptors (Lipinski definition) is 6. The average molecular weight is 483 g/mol. The highest BCUT2D eigenvalue weighted by atomic mass is 16.5. The number of amides is 1. The fourth-order valence-corrected chi connectivity index (χ4v) is 5.60. The van der Waals surface area contributed by atoms with Crippen molar-refractivity contribution >= 4 is 5.91 Å². The van der Waals surface area contributed by atoms with Crippen LogP contribution < -0.4 is 18.9 Å². The number of hydrogen-bond donors (Lipinski definition) is 0. The lowest BCUT2D eigenvalue weighted by atomic mass is 9.88. The Morgan fingerprint density at radius 2 is 1.54 bits per heavy atom. The van der Waals surface area contributed by atoms with E-state index in [4.69, 9.17) is 18.9 Å². The molecule has 2 atom stereocenters. The molecule has 0 radical (unpaired) electrons. The first-order chi connectivity index (χ1) is 17.0. The molecule has 0 spiro atoms. The first kappa shape index (κ1) is 25.2. The standard InChI is InChI=1S/C28H38N2O5/c1-29(18-19-9-10-24(32-2)25(13-19)33-3)22-7-6-8-23(17-22)30-12-11-20-14-26(34-4)27(35-5)15-21(20)16-28(30)31/h9-10,13-15,22-23H,6-8,11-12,16-18H2,1-5H3. The van der Waals surface area contributed by atoms with Crippen LogP contribution in [0.15, 0.2) is 30.3 Å². The van der Waals surface area contributed by atoms with Gasteiger partial charge < -0.3 is 23.8 Å². The van der Waals surface area contributed by atoms with E-state index in [0.717, 1.165) is 68.0 Å². The van der Waals surface area contributed by atoms with Gasteiger partial charge in [-0.3, -0.25) is 9.69 Å². The van der Waals surface area contributed by atoms with Crippen molar-refractivity contribution in [1.82, 2.24) is 9.80 Å². The van der Waals surface area contributed by atoms with Crippen molar-refractivity contribution in [1.29, 1.82) is 0 Å². The third-order valence-corrected chi connectivity index (χ3v) is 7.55. The van der Waals surface area contributed by atoms with Crippen LogP contribution in [0.5, 0.6) is 23.0 Å². The smallest absolute Gasteiger partial charge is 0.227 e.